The van der Waals surface area contributed by atoms with E-state index in [0.29, 0.717) is 12.3 Å². The molecule has 2 heterocycles. The normalized spacial score (nSPS) is 10.8. The number of fused-ring (bicyclic) bond motifs is 1. The Bertz CT molecular complexity index is 706. The number of nitrogens with zero attached hydrogens (tertiary/aromatic N) is 2. The smallest absolute Gasteiger partial charge is 0.160 e. The van der Waals surface area contributed by atoms with Gasteiger partial charge in [0.15, 0.2) is 5.65 Å². The highest BCUT2D eigenvalue weighted by molar-refractivity contribution is 9.10. The molecule has 0 bridgehead atoms. The number of nitrogens with two attached hydrogens (primary N) is 1. The van der Waals surface area contributed by atoms with E-state index in [4.69, 9.17) is 10.5 Å². The molecule has 0 unspecified atom stereocenters. The van der Waals surface area contributed by atoms with Gasteiger partial charge in [-0.1, -0.05) is 15.9 Å². The number of imidazole rings is 1. The SMILES string of the molecule is Nc1cccn2cc(COc3ccc(Br)cc3)nc12. The Morgan fingerprint density at radius 2 is 2.00 bits per heavy atom. The predicted molar refractivity (Wildman–Crippen MR) is 78.1 cm³/mol. The molecular formula is C14H12BrN3O. The second kappa shape index (κ2) is 4.93. The first-order chi connectivity index (χ1) is 9.22. The van der Waals surface area contributed by atoms with E-state index in [2.05, 4.69) is 20.9 Å². The second-order valence-corrected chi connectivity index (χ2v) is 5.08. The number of anilines is 1. The van der Waals surface area contributed by atoms with Crippen LogP contribution < -0.4 is 10.5 Å². The Balaban J connectivity index is 1.78. The fourth-order valence-corrected chi connectivity index (χ4v) is 2.11. The van der Waals surface area contributed by atoms with Gasteiger partial charge in [0.25, 0.3) is 0 Å². The molecule has 0 spiro atoms. The lowest BCUT2D eigenvalue weighted by atomic mass is 10.3. The molecule has 3 aromatic rings. The van der Waals surface area contributed by atoms with Gasteiger partial charge in [0.2, 0.25) is 0 Å². The molecule has 0 aliphatic heterocycles. The summed E-state index contributed by atoms with van der Waals surface area (Å²) < 4.78 is 8.61. The van der Waals surface area contributed by atoms with Crippen molar-refractivity contribution in [1.29, 1.82) is 0 Å². The van der Waals surface area contributed by atoms with Crippen LogP contribution in [-0.2, 0) is 6.61 Å². The molecule has 1 aromatic carbocycles. The number of nitrogen functional groups attached to an aromatic ring is 1. The largest absolute Gasteiger partial charge is 0.487 e. The van der Waals surface area contributed by atoms with Crippen LogP contribution >= 0.6 is 15.9 Å². The van der Waals surface area contributed by atoms with Crippen molar-refractivity contribution < 1.29 is 4.74 Å². The molecule has 19 heavy (non-hydrogen) atoms. The molecule has 0 amide bonds. The molecule has 4 nitrogen and oxygen atoms in total. The topological polar surface area (TPSA) is 52.5 Å². The van der Waals surface area contributed by atoms with E-state index in [-0.39, 0.29) is 0 Å². The first-order valence-electron chi connectivity index (χ1n) is 5.83. The minimum absolute atomic E-state index is 0.419. The number of halogens is 1. The minimum atomic E-state index is 0.419. The molecule has 0 atom stereocenters. The maximum Gasteiger partial charge on any atom is 0.160 e. The number of hydrogen-bond donors (Lipinski definition) is 1. The third-order valence-electron chi connectivity index (χ3n) is 2.76. The van der Waals surface area contributed by atoms with Crippen LogP contribution in [0.15, 0.2) is 53.3 Å². The van der Waals surface area contributed by atoms with Crippen LogP contribution in [-0.4, -0.2) is 9.38 Å². The van der Waals surface area contributed by atoms with Crippen molar-refractivity contribution in [2.75, 3.05) is 5.73 Å². The van der Waals surface area contributed by atoms with Gasteiger partial charge in [-0.05, 0) is 36.4 Å². The number of ether oxygens (including phenoxy) is 1. The van der Waals surface area contributed by atoms with E-state index < -0.39 is 0 Å². The molecular weight excluding hydrogens is 306 g/mol. The van der Waals surface area contributed by atoms with Crippen LogP contribution in [0.3, 0.4) is 0 Å². The van der Waals surface area contributed by atoms with Gasteiger partial charge in [-0.2, -0.15) is 0 Å². The summed E-state index contributed by atoms with van der Waals surface area (Å²) in [6, 6.07) is 11.4. The van der Waals surface area contributed by atoms with Crippen LogP contribution in [0.2, 0.25) is 0 Å². The zero-order chi connectivity index (χ0) is 13.2. The van der Waals surface area contributed by atoms with Gasteiger partial charge in [0.05, 0.1) is 11.4 Å². The summed E-state index contributed by atoms with van der Waals surface area (Å²) in [6.07, 6.45) is 3.84. The van der Waals surface area contributed by atoms with Gasteiger partial charge in [-0.25, -0.2) is 4.98 Å². The summed E-state index contributed by atoms with van der Waals surface area (Å²) in [5.74, 6) is 0.813. The quantitative estimate of drug-likeness (QED) is 0.806. The number of rotatable bonds is 3. The minimum Gasteiger partial charge on any atom is -0.487 e. The molecule has 5 heteroatoms. The first kappa shape index (κ1) is 12.0. The third kappa shape index (κ3) is 2.56. The fraction of sp³-hybridized carbons (Fsp3) is 0.0714. The molecule has 3 rings (SSSR count). The van der Waals surface area contributed by atoms with Crippen LogP contribution in [0, 0.1) is 0 Å². The van der Waals surface area contributed by atoms with E-state index in [9.17, 15) is 0 Å². The summed E-state index contributed by atoms with van der Waals surface area (Å²) >= 11 is 3.39. The van der Waals surface area contributed by atoms with Gasteiger partial charge in [-0.15, -0.1) is 0 Å². The molecule has 0 aliphatic rings. The Hall–Kier alpha value is -2.01. The van der Waals surface area contributed by atoms with Crippen LogP contribution in [0.25, 0.3) is 5.65 Å². The number of aromatic nitrogens is 2. The lowest BCUT2D eigenvalue weighted by molar-refractivity contribution is 0.302. The van der Waals surface area contributed by atoms with Crippen molar-refractivity contribution in [3.8, 4) is 5.75 Å². The highest BCUT2D eigenvalue weighted by Crippen LogP contribution is 2.18. The lowest BCUT2D eigenvalue weighted by Crippen LogP contribution is -1.95. The predicted octanol–water partition coefficient (Wildman–Crippen LogP) is 3.26. The van der Waals surface area contributed by atoms with Crippen LogP contribution in [0.1, 0.15) is 5.69 Å². The molecule has 0 fully saturated rings. The van der Waals surface area contributed by atoms with Gasteiger partial charge < -0.3 is 14.9 Å². The summed E-state index contributed by atoms with van der Waals surface area (Å²) in [4.78, 5) is 4.45. The van der Waals surface area contributed by atoms with E-state index in [1.807, 2.05) is 53.2 Å². The summed E-state index contributed by atoms with van der Waals surface area (Å²) in [5, 5.41) is 0. The Morgan fingerprint density at radius 3 is 2.74 bits per heavy atom. The van der Waals surface area contributed by atoms with Gasteiger partial charge in [0, 0.05) is 16.9 Å². The van der Waals surface area contributed by atoms with Gasteiger partial charge in [0.1, 0.15) is 12.4 Å². The van der Waals surface area contributed by atoms with E-state index in [1.54, 1.807) is 0 Å². The number of benzene rings is 1. The first-order valence-corrected chi connectivity index (χ1v) is 6.62. The number of hydrogen-bond acceptors (Lipinski definition) is 3. The summed E-state index contributed by atoms with van der Waals surface area (Å²) in [7, 11) is 0. The zero-order valence-corrected chi connectivity index (χ0v) is 11.7. The number of pyridine rings is 1. The Labute approximate surface area is 119 Å². The summed E-state index contributed by atoms with van der Waals surface area (Å²) in [5.41, 5.74) is 8.14. The van der Waals surface area contributed by atoms with Crippen molar-refractivity contribution in [3.05, 3.63) is 59.0 Å². The van der Waals surface area contributed by atoms with E-state index in [1.165, 1.54) is 0 Å². The highest BCUT2D eigenvalue weighted by Gasteiger charge is 2.04. The van der Waals surface area contributed by atoms with Crippen LogP contribution in [0.5, 0.6) is 5.75 Å². The third-order valence-corrected chi connectivity index (χ3v) is 3.29. The molecule has 96 valence electrons. The lowest BCUT2D eigenvalue weighted by Gasteiger charge is -2.03. The van der Waals surface area contributed by atoms with Crippen molar-refractivity contribution >= 4 is 27.3 Å². The summed E-state index contributed by atoms with van der Waals surface area (Å²) in [6.45, 7) is 0.419. The average molecular weight is 318 g/mol. The maximum atomic E-state index is 5.86. The van der Waals surface area contributed by atoms with E-state index in [0.717, 1.165) is 21.6 Å². The highest BCUT2D eigenvalue weighted by atomic mass is 79.9. The standard InChI is InChI=1S/C14H12BrN3O/c15-10-3-5-12(6-4-10)19-9-11-8-18-7-1-2-13(16)14(18)17-11/h1-8H,9,16H2. The van der Waals surface area contributed by atoms with Crippen LogP contribution in [0.4, 0.5) is 5.69 Å². The molecule has 2 N–H and O–H groups in total. The fourth-order valence-electron chi connectivity index (χ4n) is 1.84. The van der Waals surface area contributed by atoms with Gasteiger partial charge in [-0.3, -0.25) is 0 Å². The average Bonchev–Trinajstić information content (AvgIpc) is 2.83. The van der Waals surface area contributed by atoms with Crippen molar-refractivity contribution in [2.45, 2.75) is 6.61 Å². The monoisotopic (exact) mass is 317 g/mol. The Morgan fingerprint density at radius 1 is 1.21 bits per heavy atom. The Kier molecular flexibility index (Phi) is 3.13. The van der Waals surface area contributed by atoms with Crippen molar-refractivity contribution in [2.24, 2.45) is 0 Å². The zero-order valence-electron chi connectivity index (χ0n) is 10.1. The van der Waals surface area contributed by atoms with E-state index >= 15 is 0 Å². The molecule has 2 aromatic heterocycles. The van der Waals surface area contributed by atoms with Crippen molar-refractivity contribution in [3.63, 3.8) is 0 Å². The second-order valence-electron chi connectivity index (χ2n) is 4.17. The maximum absolute atomic E-state index is 5.86. The molecule has 0 saturated heterocycles. The molecule has 0 saturated carbocycles. The van der Waals surface area contributed by atoms with Crippen molar-refractivity contribution in [1.82, 2.24) is 9.38 Å². The van der Waals surface area contributed by atoms with Gasteiger partial charge >= 0.3 is 0 Å². The molecule has 0 aliphatic carbocycles. The molecule has 0 radical (unpaired) electrons.